The summed E-state index contributed by atoms with van der Waals surface area (Å²) < 4.78 is 14.3. The second-order valence-corrected chi connectivity index (χ2v) is 13.3. The number of carbonyl (C=O) groups is 1. The van der Waals surface area contributed by atoms with E-state index in [1.165, 1.54) is 32.1 Å². The lowest BCUT2D eigenvalue weighted by Crippen LogP contribution is -2.62. The highest BCUT2D eigenvalue weighted by atomic mass is 32.2. The first-order chi connectivity index (χ1) is 18.3. The van der Waals surface area contributed by atoms with Crippen molar-refractivity contribution in [2.75, 3.05) is 19.3 Å². The van der Waals surface area contributed by atoms with E-state index in [1.54, 1.807) is 23.1 Å². The van der Waals surface area contributed by atoms with Crippen molar-refractivity contribution in [3.8, 4) is 11.1 Å². The van der Waals surface area contributed by atoms with Gasteiger partial charge in [-0.25, -0.2) is 0 Å². The minimum absolute atomic E-state index is 0.162. The number of carbonyl (C=O) groups excluding carboxylic acids is 1. The number of hydrogen-bond acceptors (Lipinski definition) is 4. The molecule has 5 rings (SSSR count). The van der Waals surface area contributed by atoms with Gasteiger partial charge >= 0.3 is 0 Å². The standard InChI is InChI=1S/C31H42N2O4S/c1-38(37)27-21-33(29(35)20-26(27)25-12-6-3-7-13-25)23-31(36)18-19-32(22-30(31)16-8-9-17-30)28(34)15-14-24-10-4-2-5-11-24/h3,6-7,12-13,20-21,24,36H,2,4-5,8-11,14-19,22-23H2,1H3. The number of pyridine rings is 1. The van der Waals surface area contributed by atoms with Gasteiger partial charge in [0, 0.05) is 49.0 Å². The largest absolute Gasteiger partial charge is 0.387 e. The molecule has 3 aliphatic rings. The molecule has 7 heteroatoms. The van der Waals surface area contributed by atoms with Gasteiger partial charge in [-0.05, 0) is 37.2 Å². The smallest absolute Gasteiger partial charge is 0.251 e. The number of nitrogens with zero attached hydrogens (tertiary/aromatic N) is 2. The fourth-order valence-corrected chi connectivity index (χ4v) is 8.07. The van der Waals surface area contributed by atoms with Crippen molar-refractivity contribution in [2.45, 2.75) is 94.1 Å². The van der Waals surface area contributed by atoms with Gasteiger partial charge in [-0.3, -0.25) is 13.8 Å². The maximum absolute atomic E-state index is 13.3. The number of aromatic nitrogens is 1. The Hall–Kier alpha value is -2.25. The molecule has 3 fully saturated rings. The third-order valence-electron chi connectivity index (χ3n) is 9.60. The second kappa shape index (κ2) is 11.5. The van der Waals surface area contributed by atoms with Crippen LogP contribution in [0.4, 0.5) is 0 Å². The normalized spacial score (nSPS) is 24.5. The van der Waals surface area contributed by atoms with Crippen LogP contribution in [0.5, 0.6) is 0 Å². The van der Waals surface area contributed by atoms with E-state index in [9.17, 15) is 18.9 Å². The molecule has 1 spiro atoms. The van der Waals surface area contributed by atoms with Crippen molar-refractivity contribution < 1.29 is 14.1 Å². The molecule has 2 aliphatic carbocycles. The number of rotatable bonds is 7. The van der Waals surface area contributed by atoms with Gasteiger partial charge in [0.15, 0.2) is 0 Å². The lowest BCUT2D eigenvalue weighted by molar-refractivity contribution is -0.160. The van der Waals surface area contributed by atoms with Crippen LogP contribution >= 0.6 is 0 Å². The van der Waals surface area contributed by atoms with Crippen molar-refractivity contribution in [3.63, 3.8) is 0 Å². The highest BCUT2D eigenvalue weighted by Crippen LogP contribution is 2.51. The Kier molecular flexibility index (Phi) is 8.25. The Bertz CT molecular complexity index is 1210. The molecule has 2 aromatic rings. The molecule has 2 unspecified atom stereocenters. The van der Waals surface area contributed by atoms with Gasteiger partial charge in [-0.2, -0.15) is 0 Å². The fourth-order valence-electron chi connectivity index (χ4n) is 7.30. The van der Waals surface area contributed by atoms with E-state index in [4.69, 9.17) is 0 Å². The molecule has 1 amide bonds. The van der Waals surface area contributed by atoms with E-state index >= 15 is 0 Å². The molecule has 6 nitrogen and oxygen atoms in total. The summed E-state index contributed by atoms with van der Waals surface area (Å²) >= 11 is 0. The fraction of sp³-hybridized carbons (Fsp3) is 0.613. The second-order valence-electron chi connectivity index (χ2n) is 12.0. The van der Waals surface area contributed by atoms with Gasteiger partial charge in [0.05, 0.1) is 27.8 Å². The summed E-state index contributed by atoms with van der Waals surface area (Å²) in [6.07, 6.45) is 15.5. The van der Waals surface area contributed by atoms with Crippen LogP contribution in [0.3, 0.4) is 0 Å². The number of piperidine rings is 1. The number of amides is 1. The molecular formula is C31H42N2O4S. The molecule has 1 aromatic carbocycles. The summed E-state index contributed by atoms with van der Waals surface area (Å²) in [6.45, 7) is 1.25. The molecular weight excluding hydrogens is 496 g/mol. The average molecular weight is 539 g/mol. The van der Waals surface area contributed by atoms with Gasteiger partial charge in [-0.15, -0.1) is 0 Å². The van der Waals surface area contributed by atoms with Crippen LogP contribution in [0.25, 0.3) is 11.1 Å². The first kappa shape index (κ1) is 27.3. The lowest BCUT2D eigenvalue weighted by Gasteiger charge is -2.52. The molecule has 2 heterocycles. The van der Waals surface area contributed by atoms with Gasteiger partial charge in [0.1, 0.15) is 0 Å². The molecule has 206 valence electrons. The molecule has 1 aliphatic heterocycles. The van der Waals surface area contributed by atoms with Crippen LogP contribution in [-0.4, -0.2) is 49.6 Å². The van der Waals surface area contributed by atoms with E-state index in [0.717, 1.165) is 37.7 Å². The van der Waals surface area contributed by atoms with Crippen molar-refractivity contribution in [1.82, 2.24) is 9.47 Å². The third-order valence-corrected chi connectivity index (χ3v) is 10.5. The third kappa shape index (κ3) is 5.55. The van der Waals surface area contributed by atoms with Crippen LogP contribution in [0, 0.1) is 11.3 Å². The predicted molar refractivity (Wildman–Crippen MR) is 151 cm³/mol. The Labute approximate surface area is 228 Å². The van der Waals surface area contributed by atoms with Crippen LogP contribution in [0.1, 0.15) is 77.0 Å². The summed E-state index contributed by atoms with van der Waals surface area (Å²) in [7, 11) is -1.30. The van der Waals surface area contributed by atoms with Gasteiger partial charge in [-0.1, -0.05) is 75.3 Å². The SMILES string of the molecule is CS(=O)c1cn(CC2(O)CCN(C(=O)CCC3CCCCC3)CC23CCCC3)c(=O)cc1-c1ccccc1. The Morgan fingerprint density at radius 2 is 1.76 bits per heavy atom. The Balaban J connectivity index is 1.36. The summed E-state index contributed by atoms with van der Waals surface area (Å²) in [5, 5.41) is 12.2. The van der Waals surface area contributed by atoms with Gasteiger partial charge < -0.3 is 14.6 Å². The highest BCUT2D eigenvalue weighted by molar-refractivity contribution is 7.84. The van der Waals surface area contributed by atoms with Crippen molar-refractivity contribution in [1.29, 1.82) is 0 Å². The monoisotopic (exact) mass is 538 g/mol. The Morgan fingerprint density at radius 1 is 1.05 bits per heavy atom. The zero-order chi connectivity index (χ0) is 26.8. The lowest BCUT2D eigenvalue weighted by atomic mass is 9.65. The van der Waals surface area contributed by atoms with Crippen molar-refractivity contribution in [2.24, 2.45) is 11.3 Å². The van der Waals surface area contributed by atoms with Crippen LogP contribution in [0.2, 0.25) is 0 Å². The first-order valence-corrected chi connectivity index (χ1v) is 16.0. The molecule has 1 saturated heterocycles. The molecule has 2 atom stereocenters. The first-order valence-electron chi connectivity index (χ1n) is 14.4. The summed E-state index contributed by atoms with van der Waals surface area (Å²) in [5.41, 5.74) is -0.171. The highest BCUT2D eigenvalue weighted by Gasteiger charge is 2.55. The van der Waals surface area contributed by atoms with Crippen molar-refractivity contribution in [3.05, 3.63) is 52.9 Å². The molecule has 2 saturated carbocycles. The van der Waals surface area contributed by atoms with E-state index < -0.39 is 21.8 Å². The zero-order valence-electron chi connectivity index (χ0n) is 22.7. The van der Waals surface area contributed by atoms with E-state index in [1.807, 2.05) is 35.2 Å². The summed E-state index contributed by atoms with van der Waals surface area (Å²) in [5.74, 6) is 0.899. The maximum Gasteiger partial charge on any atom is 0.251 e. The van der Waals surface area contributed by atoms with Gasteiger partial charge in [0.2, 0.25) is 5.91 Å². The summed E-state index contributed by atoms with van der Waals surface area (Å²) in [4.78, 5) is 29.1. The van der Waals surface area contributed by atoms with Crippen molar-refractivity contribution >= 4 is 16.7 Å². The topological polar surface area (TPSA) is 79.6 Å². The number of benzene rings is 1. The quantitative estimate of drug-likeness (QED) is 0.530. The van der Waals surface area contributed by atoms with Gasteiger partial charge in [0.25, 0.3) is 5.56 Å². The molecule has 38 heavy (non-hydrogen) atoms. The number of aliphatic hydroxyl groups is 1. The molecule has 1 N–H and O–H groups in total. The van der Waals surface area contributed by atoms with Crippen LogP contribution < -0.4 is 5.56 Å². The van der Waals surface area contributed by atoms with E-state index in [2.05, 4.69) is 0 Å². The maximum atomic E-state index is 13.3. The molecule has 1 aromatic heterocycles. The average Bonchev–Trinajstić information content (AvgIpc) is 3.41. The summed E-state index contributed by atoms with van der Waals surface area (Å²) in [6, 6.07) is 11.1. The minimum Gasteiger partial charge on any atom is -0.387 e. The number of likely N-dealkylation sites (tertiary alicyclic amines) is 1. The van der Waals surface area contributed by atoms with Crippen LogP contribution in [-0.2, 0) is 22.1 Å². The Morgan fingerprint density at radius 3 is 2.45 bits per heavy atom. The van der Waals surface area contributed by atoms with E-state index in [-0.39, 0.29) is 18.0 Å². The molecule has 0 bridgehead atoms. The molecule has 0 radical (unpaired) electrons. The van der Waals surface area contributed by atoms with Crippen LogP contribution in [0.15, 0.2) is 52.3 Å². The minimum atomic E-state index is -1.30. The predicted octanol–water partition coefficient (Wildman–Crippen LogP) is 5.14. The zero-order valence-corrected chi connectivity index (χ0v) is 23.5. The van der Waals surface area contributed by atoms with E-state index in [0.29, 0.717) is 42.3 Å². The number of hydrogen-bond donors (Lipinski definition) is 1.